The molecule has 0 aromatic heterocycles. The minimum atomic E-state index is 0.516. The van der Waals surface area contributed by atoms with Crippen molar-refractivity contribution in [3.8, 4) is 0 Å². The molecule has 1 nitrogen and oxygen atoms in total. The van der Waals surface area contributed by atoms with Gasteiger partial charge in [-0.1, -0.05) is 63.3 Å². The van der Waals surface area contributed by atoms with Gasteiger partial charge >= 0.3 is 0 Å². The molecule has 1 aromatic rings. The fraction of sp³-hybridized carbons (Fsp3) is 0.733. The summed E-state index contributed by atoms with van der Waals surface area (Å²) >= 11 is 0. The molecule has 5 aliphatic rings. The van der Waals surface area contributed by atoms with E-state index in [1.165, 1.54) is 56.9 Å². The van der Waals surface area contributed by atoms with Crippen LogP contribution in [0.25, 0.3) is 6.08 Å². The molecule has 0 heterocycles. The van der Waals surface area contributed by atoms with Crippen LogP contribution < -0.4 is 0 Å². The summed E-state index contributed by atoms with van der Waals surface area (Å²) in [4.78, 5) is 0. The fourth-order valence-electron chi connectivity index (χ4n) is 10.4. The topological polar surface area (TPSA) is 9.23 Å². The predicted molar refractivity (Wildman–Crippen MR) is 128 cm³/mol. The molecule has 5 aliphatic carbocycles. The molecule has 0 amide bonds. The average Bonchev–Trinajstić information content (AvgIpc) is 3.29. The summed E-state index contributed by atoms with van der Waals surface area (Å²) in [5, 5.41) is 0. The first-order valence-electron chi connectivity index (χ1n) is 13.2. The van der Waals surface area contributed by atoms with Crippen molar-refractivity contribution in [3.05, 3.63) is 42.0 Å². The molecule has 0 N–H and O–H groups in total. The number of benzene rings is 1. The lowest BCUT2D eigenvalue weighted by atomic mass is 9.45. The first kappa shape index (κ1) is 20.5. The highest BCUT2D eigenvalue weighted by molar-refractivity contribution is 5.49. The smallest absolute Gasteiger partial charge is 0.0638 e. The van der Waals surface area contributed by atoms with Crippen LogP contribution >= 0.6 is 0 Å². The predicted octanol–water partition coefficient (Wildman–Crippen LogP) is 7.62. The van der Waals surface area contributed by atoms with Gasteiger partial charge < -0.3 is 4.74 Å². The molecule has 1 spiro atoms. The Bertz CT molecular complexity index is 858. The molecule has 1 aromatic carbocycles. The van der Waals surface area contributed by atoms with Gasteiger partial charge in [0.2, 0.25) is 0 Å². The number of fused-ring (bicyclic) bond motifs is 4. The monoisotopic (exact) mass is 418 g/mol. The summed E-state index contributed by atoms with van der Waals surface area (Å²) in [6.45, 7) is 7.87. The van der Waals surface area contributed by atoms with E-state index in [4.69, 9.17) is 4.74 Å². The van der Waals surface area contributed by atoms with Gasteiger partial charge in [-0.3, -0.25) is 0 Å². The van der Waals surface area contributed by atoms with Crippen molar-refractivity contribution in [2.24, 2.45) is 51.8 Å². The standard InChI is InChI=1S/C30H42O/c1-20(10-11-21-8-6-5-7-9-21)24-12-13-25-23-18-27(31-4)30-19-22(30)14-17-29(30,3)26(23)15-16-28(24,25)2/h5-11,20,22-27H,12-19H2,1-4H3/b11-10+/t20-,22-,23+,24-,25+,26+,27-,28-,29-,30+/m1/s1. The molecule has 1 heteroatoms. The normalized spacial score (nSPS) is 51.1. The highest BCUT2D eigenvalue weighted by atomic mass is 16.5. The van der Waals surface area contributed by atoms with E-state index in [0.717, 1.165) is 29.6 Å². The van der Waals surface area contributed by atoms with Gasteiger partial charge in [0.15, 0.2) is 0 Å². The molecular formula is C30H42O. The summed E-state index contributed by atoms with van der Waals surface area (Å²) in [5.41, 5.74) is 2.97. The SMILES string of the molecule is CO[C@@H]1C[C@H]2[C@@H]3CC[C@H]([C@H](C)/C=C/c4ccccc4)[C@@]3(C)CC[C@@H]2[C@@]2(C)CC[C@@H]3C[C@]312. The molecule has 31 heavy (non-hydrogen) atoms. The van der Waals surface area contributed by atoms with Gasteiger partial charge in [-0.05, 0) is 103 Å². The van der Waals surface area contributed by atoms with Crippen molar-refractivity contribution in [2.75, 3.05) is 7.11 Å². The van der Waals surface area contributed by atoms with Crippen molar-refractivity contribution >= 4 is 6.08 Å². The van der Waals surface area contributed by atoms with Gasteiger partial charge in [0.25, 0.3) is 0 Å². The molecule has 0 saturated heterocycles. The van der Waals surface area contributed by atoms with Crippen LogP contribution in [0.4, 0.5) is 0 Å². The van der Waals surface area contributed by atoms with Gasteiger partial charge in [0.1, 0.15) is 0 Å². The minimum Gasteiger partial charge on any atom is -0.381 e. The van der Waals surface area contributed by atoms with Gasteiger partial charge in [0.05, 0.1) is 6.10 Å². The highest BCUT2D eigenvalue weighted by Crippen LogP contribution is 2.82. The van der Waals surface area contributed by atoms with Crippen LogP contribution in [-0.2, 0) is 4.74 Å². The molecule has 0 aliphatic heterocycles. The molecule has 5 saturated carbocycles. The number of rotatable bonds is 4. The van der Waals surface area contributed by atoms with Crippen LogP contribution in [0.5, 0.6) is 0 Å². The maximum atomic E-state index is 6.30. The van der Waals surface area contributed by atoms with E-state index in [2.05, 4.69) is 63.3 Å². The number of hydrogen-bond donors (Lipinski definition) is 0. The lowest BCUT2D eigenvalue weighted by Gasteiger charge is -2.61. The molecule has 0 radical (unpaired) electrons. The van der Waals surface area contributed by atoms with E-state index in [1.807, 2.05) is 7.11 Å². The van der Waals surface area contributed by atoms with Crippen LogP contribution in [0.15, 0.2) is 36.4 Å². The van der Waals surface area contributed by atoms with E-state index < -0.39 is 0 Å². The third-order valence-electron chi connectivity index (χ3n) is 11.9. The third-order valence-corrected chi connectivity index (χ3v) is 11.9. The maximum absolute atomic E-state index is 6.30. The van der Waals surface area contributed by atoms with Gasteiger partial charge in [0, 0.05) is 12.5 Å². The molecule has 0 unspecified atom stereocenters. The highest BCUT2D eigenvalue weighted by Gasteiger charge is 2.77. The Labute approximate surface area is 190 Å². The summed E-state index contributed by atoms with van der Waals surface area (Å²) in [7, 11) is 2.02. The Balaban J connectivity index is 1.26. The number of allylic oxidation sites excluding steroid dienone is 1. The minimum absolute atomic E-state index is 0.516. The Kier molecular flexibility index (Phi) is 4.61. The van der Waals surface area contributed by atoms with Gasteiger partial charge in [-0.15, -0.1) is 0 Å². The largest absolute Gasteiger partial charge is 0.381 e. The Morgan fingerprint density at radius 2 is 1.81 bits per heavy atom. The second-order valence-corrected chi connectivity index (χ2v) is 12.6. The van der Waals surface area contributed by atoms with Crippen molar-refractivity contribution in [1.29, 1.82) is 0 Å². The van der Waals surface area contributed by atoms with Gasteiger partial charge in [-0.25, -0.2) is 0 Å². The maximum Gasteiger partial charge on any atom is 0.0638 e. The molecular weight excluding hydrogens is 376 g/mol. The van der Waals surface area contributed by atoms with Crippen molar-refractivity contribution in [2.45, 2.75) is 78.2 Å². The van der Waals surface area contributed by atoms with E-state index >= 15 is 0 Å². The summed E-state index contributed by atoms with van der Waals surface area (Å²) in [6, 6.07) is 10.9. The average molecular weight is 419 g/mol. The third kappa shape index (κ3) is 2.65. The Morgan fingerprint density at radius 1 is 1.00 bits per heavy atom. The van der Waals surface area contributed by atoms with E-state index in [-0.39, 0.29) is 0 Å². The van der Waals surface area contributed by atoms with Crippen LogP contribution in [0, 0.1) is 51.8 Å². The number of hydrogen-bond acceptors (Lipinski definition) is 1. The summed E-state index contributed by atoms with van der Waals surface area (Å²) < 4.78 is 6.30. The van der Waals surface area contributed by atoms with E-state index in [9.17, 15) is 0 Å². The van der Waals surface area contributed by atoms with Crippen LogP contribution in [0.3, 0.4) is 0 Å². The van der Waals surface area contributed by atoms with Gasteiger partial charge in [-0.2, -0.15) is 0 Å². The Morgan fingerprint density at radius 3 is 2.55 bits per heavy atom. The summed E-state index contributed by atoms with van der Waals surface area (Å²) in [5.74, 6) is 5.24. The fourth-order valence-corrected chi connectivity index (χ4v) is 10.4. The van der Waals surface area contributed by atoms with Crippen molar-refractivity contribution < 1.29 is 4.74 Å². The van der Waals surface area contributed by atoms with E-state index in [1.54, 1.807) is 0 Å². The van der Waals surface area contributed by atoms with Crippen molar-refractivity contribution in [1.82, 2.24) is 0 Å². The molecule has 6 rings (SSSR count). The lowest BCUT2D eigenvalue weighted by Crippen LogP contribution is -2.57. The second-order valence-electron chi connectivity index (χ2n) is 12.6. The Hall–Kier alpha value is -1.08. The molecule has 10 atom stereocenters. The number of methoxy groups -OCH3 is 1. The van der Waals surface area contributed by atoms with E-state index in [0.29, 0.717) is 28.3 Å². The molecule has 5 fully saturated rings. The van der Waals surface area contributed by atoms with Crippen LogP contribution in [-0.4, -0.2) is 13.2 Å². The zero-order valence-electron chi connectivity index (χ0n) is 20.1. The lowest BCUT2D eigenvalue weighted by molar-refractivity contribution is -0.160. The summed E-state index contributed by atoms with van der Waals surface area (Å²) in [6.07, 6.45) is 17.0. The quantitative estimate of drug-likeness (QED) is 0.488. The second kappa shape index (κ2) is 6.96. The zero-order chi connectivity index (χ0) is 21.4. The van der Waals surface area contributed by atoms with Crippen LogP contribution in [0.1, 0.15) is 77.7 Å². The van der Waals surface area contributed by atoms with Crippen LogP contribution in [0.2, 0.25) is 0 Å². The molecule has 168 valence electrons. The molecule has 0 bridgehead atoms. The number of ether oxygens (including phenoxy) is 1. The first-order chi connectivity index (χ1) is 14.9. The zero-order valence-corrected chi connectivity index (χ0v) is 20.1. The van der Waals surface area contributed by atoms with Crippen molar-refractivity contribution in [3.63, 3.8) is 0 Å². The first-order valence-corrected chi connectivity index (χ1v) is 13.2.